The molecule has 0 spiro atoms. The lowest BCUT2D eigenvalue weighted by molar-refractivity contribution is -0.140. The minimum Gasteiger partial charge on any atom is -0.498 e. The second kappa shape index (κ2) is 16.6. The van der Waals surface area contributed by atoms with Gasteiger partial charge in [0, 0.05) is 26.2 Å². The summed E-state index contributed by atoms with van der Waals surface area (Å²) in [5.41, 5.74) is 1.45. The number of hydrogen-bond donors (Lipinski definition) is 0. The average molecular weight is 541 g/mol. The molecule has 3 aliphatic heterocycles. The number of unbranched alkanes of at least 4 members (excludes halogenated alkanes) is 9. The Kier molecular flexibility index (Phi) is 12.9. The molecule has 39 heavy (non-hydrogen) atoms. The summed E-state index contributed by atoms with van der Waals surface area (Å²) in [5.74, 6) is 1.58. The summed E-state index contributed by atoms with van der Waals surface area (Å²) in [6.45, 7) is 6.67. The Morgan fingerprint density at radius 3 is 2.10 bits per heavy atom. The standard InChI is InChI=1S/C34H56N2O3/c1-3-4-5-6-7-8-9-10-11-12-13-14-15-16-17-18-27-38-33(28-19-20-28)31-29-21-22-30(39-29)32(31)34(37)36-25-23-35(2)24-26-36/h7-8,10-11,29-32H,3-6,9,12-27H2,1-2H3/b8-7+,11-10+. The molecule has 0 aromatic heterocycles. The number of likely N-dealkylation sites (N-methyl/N-ethyl adjacent to an activating group) is 1. The number of nitrogens with zero attached hydrogens (tertiary/aromatic N) is 2. The maximum Gasteiger partial charge on any atom is 0.229 e. The van der Waals surface area contributed by atoms with Crippen LogP contribution in [-0.2, 0) is 14.3 Å². The van der Waals surface area contributed by atoms with Crippen LogP contribution >= 0.6 is 0 Å². The monoisotopic (exact) mass is 540 g/mol. The fourth-order valence-corrected chi connectivity index (χ4v) is 6.58. The molecule has 1 amide bonds. The third-order valence-corrected chi connectivity index (χ3v) is 9.13. The predicted octanol–water partition coefficient (Wildman–Crippen LogP) is 7.43. The summed E-state index contributed by atoms with van der Waals surface area (Å²) in [4.78, 5) is 18.0. The first kappa shape index (κ1) is 30.4. The molecule has 3 saturated heterocycles. The van der Waals surface area contributed by atoms with Crippen molar-refractivity contribution in [1.29, 1.82) is 0 Å². The minimum absolute atomic E-state index is 0.0360. The van der Waals surface area contributed by atoms with Crippen LogP contribution in [-0.4, -0.2) is 67.7 Å². The Hall–Kier alpha value is -1.59. The van der Waals surface area contributed by atoms with Crippen molar-refractivity contribution in [3.63, 3.8) is 0 Å². The van der Waals surface area contributed by atoms with E-state index in [1.165, 1.54) is 69.8 Å². The van der Waals surface area contributed by atoms with Crippen molar-refractivity contribution >= 4 is 5.91 Å². The van der Waals surface area contributed by atoms with E-state index in [4.69, 9.17) is 9.47 Å². The van der Waals surface area contributed by atoms with Gasteiger partial charge < -0.3 is 19.3 Å². The molecule has 0 aromatic rings. The number of rotatable bonds is 18. The Labute approximate surface area is 239 Å². The molecule has 0 N–H and O–H groups in total. The molecule has 1 aliphatic carbocycles. The van der Waals surface area contributed by atoms with Gasteiger partial charge in [-0.25, -0.2) is 0 Å². The molecule has 5 heteroatoms. The molecule has 4 atom stereocenters. The second-order valence-electron chi connectivity index (χ2n) is 12.4. The molecule has 5 nitrogen and oxygen atoms in total. The Balaban J connectivity index is 1.09. The number of amides is 1. The lowest BCUT2D eigenvalue weighted by Crippen LogP contribution is -2.52. The highest BCUT2D eigenvalue weighted by molar-refractivity contribution is 5.81. The molecule has 3 heterocycles. The van der Waals surface area contributed by atoms with E-state index >= 15 is 0 Å². The lowest BCUT2D eigenvalue weighted by Gasteiger charge is -2.37. The highest BCUT2D eigenvalue weighted by atomic mass is 16.5. The zero-order valence-corrected chi connectivity index (χ0v) is 25.1. The fourth-order valence-electron chi connectivity index (χ4n) is 6.58. The number of carbonyl (C=O) groups is 1. The van der Waals surface area contributed by atoms with Crippen LogP contribution in [0, 0.1) is 11.8 Å². The zero-order chi connectivity index (χ0) is 27.3. The first-order valence-electron chi connectivity index (χ1n) is 16.5. The average Bonchev–Trinajstić information content (AvgIpc) is 3.58. The SMILES string of the molecule is CCCCC/C=C/C/C=C/CCCCCCCCOC(=C1CC1)C1C2CCC(O2)C1C(=O)N1CCN(C)CC1. The summed E-state index contributed by atoms with van der Waals surface area (Å²) in [5, 5.41) is 0. The van der Waals surface area contributed by atoms with Crippen molar-refractivity contribution in [2.75, 3.05) is 39.8 Å². The third-order valence-electron chi connectivity index (χ3n) is 9.13. The number of allylic oxidation sites excluding steroid dienone is 5. The van der Waals surface area contributed by atoms with Crippen LogP contribution in [0.15, 0.2) is 35.6 Å². The van der Waals surface area contributed by atoms with Gasteiger partial charge >= 0.3 is 0 Å². The molecule has 4 rings (SSSR count). The summed E-state index contributed by atoms with van der Waals surface area (Å²) >= 11 is 0. The van der Waals surface area contributed by atoms with Gasteiger partial charge in [-0.1, -0.05) is 69.8 Å². The quantitative estimate of drug-likeness (QED) is 0.103. The number of fused-ring (bicyclic) bond motifs is 2. The van der Waals surface area contributed by atoms with Crippen LogP contribution in [0.4, 0.5) is 0 Å². The van der Waals surface area contributed by atoms with Crippen molar-refractivity contribution in [2.24, 2.45) is 11.8 Å². The highest BCUT2D eigenvalue weighted by Gasteiger charge is 2.56. The third kappa shape index (κ3) is 9.49. The fraction of sp³-hybridized carbons (Fsp3) is 0.794. The number of carbonyl (C=O) groups excluding carboxylic acids is 1. The Morgan fingerprint density at radius 1 is 0.821 bits per heavy atom. The van der Waals surface area contributed by atoms with Crippen molar-refractivity contribution < 1.29 is 14.3 Å². The van der Waals surface area contributed by atoms with Gasteiger partial charge in [0.2, 0.25) is 5.91 Å². The normalized spacial score (nSPS) is 26.8. The Bertz CT molecular complexity index is 820. The van der Waals surface area contributed by atoms with E-state index in [0.717, 1.165) is 77.1 Å². The molecular formula is C34H56N2O3. The highest BCUT2D eigenvalue weighted by Crippen LogP contribution is 2.51. The summed E-state index contributed by atoms with van der Waals surface area (Å²) in [7, 11) is 2.14. The smallest absolute Gasteiger partial charge is 0.229 e. The molecule has 2 bridgehead atoms. The van der Waals surface area contributed by atoms with Crippen LogP contribution < -0.4 is 0 Å². The van der Waals surface area contributed by atoms with Crippen LogP contribution in [0.1, 0.15) is 110 Å². The number of piperazine rings is 1. The van der Waals surface area contributed by atoms with E-state index in [1.807, 2.05) is 0 Å². The number of ether oxygens (including phenoxy) is 2. The van der Waals surface area contributed by atoms with Crippen LogP contribution in [0.5, 0.6) is 0 Å². The molecular weight excluding hydrogens is 484 g/mol. The Morgan fingerprint density at radius 2 is 1.44 bits per heavy atom. The van der Waals surface area contributed by atoms with E-state index in [0.29, 0.717) is 5.91 Å². The van der Waals surface area contributed by atoms with Crippen LogP contribution in [0.3, 0.4) is 0 Å². The van der Waals surface area contributed by atoms with Gasteiger partial charge in [-0.05, 0) is 76.8 Å². The van der Waals surface area contributed by atoms with Gasteiger partial charge in [-0.15, -0.1) is 0 Å². The second-order valence-corrected chi connectivity index (χ2v) is 12.4. The van der Waals surface area contributed by atoms with Gasteiger partial charge in [0.1, 0.15) is 5.76 Å². The first-order valence-corrected chi connectivity index (χ1v) is 16.5. The number of hydrogen-bond acceptors (Lipinski definition) is 4. The summed E-state index contributed by atoms with van der Waals surface area (Å²) in [6.07, 6.45) is 29.1. The van der Waals surface area contributed by atoms with Crippen molar-refractivity contribution in [3.05, 3.63) is 35.6 Å². The maximum atomic E-state index is 13.6. The molecule has 4 unspecified atom stereocenters. The van der Waals surface area contributed by atoms with E-state index in [1.54, 1.807) is 0 Å². The molecule has 4 fully saturated rings. The van der Waals surface area contributed by atoms with Crippen LogP contribution in [0.25, 0.3) is 0 Å². The van der Waals surface area contributed by atoms with Crippen molar-refractivity contribution in [2.45, 2.75) is 122 Å². The molecule has 0 radical (unpaired) electrons. The minimum atomic E-state index is -0.0360. The summed E-state index contributed by atoms with van der Waals surface area (Å²) in [6, 6.07) is 0. The topological polar surface area (TPSA) is 42.0 Å². The van der Waals surface area contributed by atoms with Crippen molar-refractivity contribution in [3.8, 4) is 0 Å². The molecule has 1 saturated carbocycles. The maximum absolute atomic E-state index is 13.6. The van der Waals surface area contributed by atoms with E-state index in [2.05, 4.69) is 48.1 Å². The van der Waals surface area contributed by atoms with Gasteiger partial charge in [-0.2, -0.15) is 0 Å². The molecule has 4 aliphatic rings. The first-order chi connectivity index (χ1) is 19.2. The molecule has 220 valence electrons. The zero-order valence-electron chi connectivity index (χ0n) is 25.1. The van der Waals surface area contributed by atoms with E-state index in [-0.39, 0.29) is 24.0 Å². The largest absolute Gasteiger partial charge is 0.498 e. The van der Waals surface area contributed by atoms with Gasteiger partial charge in [-0.3, -0.25) is 4.79 Å². The molecule has 0 aromatic carbocycles. The van der Waals surface area contributed by atoms with Gasteiger partial charge in [0.05, 0.1) is 30.7 Å². The predicted molar refractivity (Wildman–Crippen MR) is 161 cm³/mol. The van der Waals surface area contributed by atoms with Crippen LogP contribution in [0.2, 0.25) is 0 Å². The van der Waals surface area contributed by atoms with Crippen molar-refractivity contribution in [1.82, 2.24) is 9.80 Å². The lowest BCUT2D eigenvalue weighted by atomic mass is 9.76. The van der Waals surface area contributed by atoms with E-state index in [9.17, 15) is 4.79 Å². The van der Waals surface area contributed by atoms with Gasteiger partial charge in [0.15, 0.2) is 0 Å². The van der Waals surface area contributed by atoms with Gasteiger partial charge in [0.25, 0.3) is 0 Å². The summed E-state index contributed by atoms with van der Waals surface area (Å²) < 4.78 is 12.9. The van der Waals surface area contributed by atoms with E-state index < -0.39 is 0 Å².